The standard InChI is InChI=1S/C45H64N2O5/c1-28(2)31-17-23-45(46(8)27-20-37(48)47-26-9-10-34(47)40(51)52)25-24-43(6)33(38(31)45)15-16-36-42(5)21-18-32(29-11-13-30(14-12-29)39(49)50)41(3,4)35(42)19-22-44(36,43)7/h11-14,18,31,33-36,38H,1,9-10,15-17,19-27H2,2-8H3,(H,49,50)(H,51,52)/t31-,33+,34+,35-,36+,38+,42-,43+,44+,45-/m0/s1. The van der Waals surface area contributed by atoms with Crippen LogP contribution in [-0.2, 0) is 9.59 Å². The molecule has 2 N–H and O–H groups in total. The molecule has 0 unspecified atom stereocenters. The topological polar surface area (TPSA) is 98.2 Å². The van der Waals surface area contributed by atoms with Gasteiger partial charge in [0.25, 0.3) is 0 Å². The monoisotopic (exact) mass is 712 g/mol. The van der Waals surface area contributed by atoms with Crippen LogP contribution in [0.4, 0.5) is 0 Å². The molecule has 10 atom stereocenters. The van der Waals surface area contributed by atoms with Crippen molar-refractivity contribution in [3.8, 4) is 0 Å². The number of fused-ring (bicyclic) bond motifs is 7. The molecule has 1 aliphatic heterocycles. The van der Waals surface area contributed by atoms with E-state index in [4.69, 9.17) is 0 Å². The average Bonchev–Trinajstić information content (AvgIpc) is 3.74. The lowest BCUT2D eigenvalue weighted by Gasteiger charge is -2.73. The van der Waals surface area contributed by atoms with Crippen LogP contribution >= 0.6 is 0 Å². The fourth-order valence-corrected chi connectivity index (χ4v) is 14.6. The number of carboxylic acid groups (broad SMARTS) is 2. The molecule has 7 nitrogen and oxygen atoms in total. The summed E-state index contributed by atoms with van der Waals surface area (Å²) in [7, 11) is 2.26. The lowest BCUT2D eigenvalue weighted by molar-refractivity contribution is -0.226. The highest BCUT2D eigenvalue weighted by molar-refractivity contribution is 5.88. The molecular formula is C45H64N2O5. The minimum Gasteiger partial charge on any atom is -0.480 e. The van der Waals surface area contributed by atoms with Crippen LogP contribution < -0.4 is 0 Å². The van der Waals surface area contributed by atoms with Crippen LogP contribution in [-0.4, -0.2) is 69.6 Å². The van der Waals surface area contributed by atoms with Crippen molar-refractivity contribution in [1.29, 1.82) is 0 Å². The van der Waals surface area contributed by atoms with Crippen molar-refractivity contribution in [3.05, 3.63) is 53.6 Å². The molecule has 1 saturated heterocycles. The number of benzene rings is 1. The number of likely N-dealkylation sites (tertiary alicyclic amines) is 1. The van der Waals surface area contributed by atoms with Gasteiger partial charge in [0, 0.05) is 25.0 Å². The molecule has 6 aliphatic rings. The molecule has 4 saturated carbocycles. The maximum atomic E-state index is 13.4. The van der Waals surface area contributed by atoms with E-state index in [1.54, 1.807) is 17.0 Å². The summed E-state index contributed by atoms with van der Waals surface area (Å²) in [6.45, 7) is 20.9. The van der Waals surface area contributed by atoms with E-state index in [1.807, 2.05) is 12.1 Å². The van der Waals surface area contributed by atoms with Crippen LogP contribution in [0.5, 0.6) is 0 Å². The first-order valence-corrected chi connectivity index (χ1v) is 20.4. The van der Waals surface area contributed by atoms with E-state index in [-0.39, 0.29) is 33.1 Å². The van der Waals surface area contributed by atoms with E-state index in [9.17, 15) is 24.6 Å². The fraction of sp³-hybridized carbons (Fsp3) is 0.711. The summed E-state index contributed by atoms with van der Waals surface area (Å²) in [6, 6.07) is 6.86. The van der Waals surface area contributed by atoms with E-state index in [0.717, 1.165) is 37.7 Å². The first-order valence-electron chi connectivity index (χ1n) is 20.4. The Bertz CT molecular complexity index is 1660. The second-order valence-electron chi connectivity index (χ2n) is 19.5. The number of allylic oxidation sites excluding steroid dienone is 3. The molecule has 0 bridgehead atoms. The third-order valence-electron chi connectivity index (χ3n) is 17.3. The summed E-state index contributed by atoms with van der Waals surface area (Å²) in [5.41, 5.74) is 4.81. The largest absolute Gasteiger partial charge is 0.480 e. The van der Waals surface area contributed by atoms with E-state index >= 15 is 0 Å². The number of nitrogens with zero attached hydrogens (tertiary/aromatic N) is 2. The maximum absolute atomic E-state index is 13.4. The first kappa shape index (κ1) is 37.4. The predicted molar refractivity (Wildman–Crippen MR) is 206 cm³/mol. The van der Waals surface area contributed by atoms with Crippen LogP contribution in [0.1, 0.15) is 135 Å². The molecule has 7 heteroatoms. The van der Waals surface area contributed by atoms with Crippen molar-refractivity contribution in [2.24, 2.45) is 51.2 Å². The summed E-state index contributed by atoms with van der Waals surface area (Å²) < 4.78 is 0. The molecule has 0 spiro atoms. The lowest BCUT2D eigenvalue weighted by atomic mass is 9.33. The summed E-state index contributed by atoms with van der Waals surface area (Å²) in [5.74, 6) is 0.991. The van der Waals surface area contributed by atoms with E-state index in [2.05, 4.69) is 66.1 Å². The van der Waals surface area contributed by atoms with E-state index in [0.29, 0.717) is 61.1 Å². The smallest absolute Gasteiger partial charge is 0.335 e. The molecule has 5 fully saturated rings. The molecule has 7 rings (SSSR count). The molecule has 0 aromatic heterocycles. The highest BCUT2D eigenvalue weighted by Crippen LogP contribution is 2.77. The van der Waals surface area contributed by atoms with Gasteiger partial charge < -0.3 is 15.1 Å². The zero-order valence-electron chi connectivity index (χ0n) is 33.0. The average molecular weight is 713 g/mol. The summed E-state index contributed by atoms with van der Waals surface area (Å²) >= 11 is 0. The van der Waals surface area contributed by atoms with Crippen molar-refractivity contribution in [3.63, 3.8) is 0 Å². The van der Waals surface area contributed by atoms with Crippen LogP contribution in [0.15, 0.2) is 42.5 Å². The quantitative estimate of drug-likeness (QED) is 0.261. The number of rotatable bonds is 8. The minimum atomic E-state index is -0.881. The maximum Gasteiger partial charge on any atom is 0.335 e. The van der Waals surface area contributed by atoms with Gasteiger partial charge in [0.2, 0.25) is 5.91 Å². The Morgan fingerprint density at radius 1 is 0.885 bits per heavy atom. The number of aromatic carboxylic acids is 1. The lowest BCUT2D eigenvalue weighted by Crippen LogP contribution is -2.68. The Kier molecular flexibility index (Phi) is 9.23. The van der Waals surface area contributed by atoms with Gasteiger partial charge in [-0.25, -0.2) is 9.59 Å². The summed E-state index contributed by atoms with van der Waals surface area (Å²) in [6.07, 6.45) is 14.9. The molecule has 284 valence electrons. The molecule has 1 amide bonds. The Hall–Kier alpha value is -2.93. The van der Waals surface area contributed by atoms with Crippen LogP contribution in [0.2, 0.25) is 0 Å². The fourth-order valence-electron chi connectivity index (χ4n) is 14.6. The number of carbonyl (C=O) groups is 3. The third kappa shape index (κ3) is 5.32. The second kappa shape index (κ2) is 12.8. The van der Waals surface area contributed by atoms with Gasteiger partial charge in [0.05, 0.1) is 5.56 Å². The number of aliphatic carboxylic acids is 1. The van der Waals surface area contributed by atoms with Crippen molar-refractivity contribution >= 4 is 23.4 Å². The molecule has 52 heavy (non-hydrogen) atoms. The summed E-state index contributed by atoms with van der Waals surface area (Å²) in [4.78, 5) is 41.0. The van der Waals surface area contributed by atoms with Crippen molar-refractivity contribution in [2.75, 3.05) is 20.1 Å². The molecule has 1 heterocycles. The van der Waals surface area contributed by atoms with Gasteiger partial charge in [-0.15, -0.1) is 0 Å². The van der Waals surface area contributed by atoms with E-state index < -0.39 is 18.0 Å². The third-order valence-corrected chi connectivity index (χ3v) is 17.3. The molecule has 1 aromatic carbocycles. The minimum absolute atomic E-state index is 0.0114. The highest BCUT2D eigenvalue weighted by Gasteiger charge is 2.71. The zero-order chi connectivity index (χ0) is 37.6. The number of carboxylic acids is 2. The second-order valence-corrected chi connectivity index (χ2v) is 19.5. The highest BCUT2D eigenvalue weighted by atomic mass is 16.4. The van der Waals surface area contributed by atoms with Gasteiger partial charge in [0.15, 0.2) is 0 Å². The van der Waals surface area contributed by atoms with Gasteiger partial charge in [-0.1, -0.05) is 65.0 Å². The molecule has 5 aliphatic carbocycles. The van der Waals surface area contributed by atoms with Crippen LogP contribution in [0.25, 0.3) is 5.57 Å². The number of hydrogen-bond acceptors (Lipinski definition) is 4. The van der Waals surface area contributed by atoms with Crippen LogP contribution in [0, 0.1) is 51.2 Å². The predicted octanol–water partition coefficient (Wildman–Crippen LogP) is 9.19. The SMILES string of the molecule is C=C(C)[C@@H]1CC[C@]2(N(C)CCC(=O)N3CCC[C@@H]3C(=O)O)CC[C@]3(C)[C@H](CC[C@@H]4[C@@]5(C)CC=C(c6ccc(C(=O)O)cc6)C(C)(C)[C@@H]5CC[C@]43C)[C@@H]12. The Balaban J connectivity index is 1.16. The van der Waals surface area contributed by atoms with E-state index in [1.165, 1.54) is 43.3 Å². The molecule has 0 radical (unpaired) electrons. The van der Waals surface area contributed by atoms with Crippen molar-refractivity contribution in [2.45, 2.75) is 130 Å². The van der Waals surface area contributed by atoms with Crippen LogP contribution in [0.3, 0.4) is 0 Å². The van der Waals surface area contributed by atoms with Crippen molar-refractivity contribution in [1.82, 2.24) is 9.80 Å². The first-order chi connectivity index (χ1) is 24.4. The Morgan fingerprint density at radius 2 is 1.60 bits per heavy atom. The number of amides is 1. The Morgan fingerprint density at radius 3 is 2.25 bits per heavy atom. The number of hydrogen-bond donors (Lipinski definition) is 2. The molecule has 1 aromatic rings. The summed E-state index contributed by atoms with van der Waals surface area (Å²) in [5, 5.41) is 19.2. The van der Waals surface area contributed by atoms with Gasteiger partial charge >= 0.3 is 11.9 Å². The van der Waals surface area contributed by atoms with Gasteiger partial charge in [-0.3, -0.25) is 9.69 Å². The number of carbonyl (C=O) groups excluding carboxylic acids is 1. The van der Waals surface area contributed by atoms with Crippen molar-refractivity contribution < 1.29 is 24.6 Å². The van der Waals surface area contributed by atoms with Gasteiger partial charge in [-0.2, -0.15) is 0 Å². The zero-order valence-corrected chi connectivity index (χ0v) is 33.0. The van der Waals surface area contributed by atoms with Gasteiger partial charge in [-0.05, 0) is 159 Å². The molecular weight excluding hydrogens is 649 g/mol. The Labute approximate surface area is 312 Å². The van der Waals surface area contributed by atoms with Gasteiger partial charge in [0.1, 0.15) is 6.04 Å². The normalized spacial score (nSPS) is 40.6.